The molecular weight excluding hydrogens is 300 g/mol. The lowest BCUT2D eigenvalue weighted by atomic mass is 10.1. The highest BCUT2D eigenvalue weighted by atomic mass is 16.3. The number of hydrogen-bond acceptors (Lipinski definition) is 3. The van der Waals surface area contributed by atoms with Gasteiger partial charge in [-0.25, -0.2) is 0 Å². The van der Waals surface area contributed by atoms with E-state index in [0.29, 0.717) is 12.6 Å². The van der Waals surface area contributed by atoms with Crippen molar-refractivity contribution in [2.75, 3.05) is 13.6 Å². The van der Waals surface area contributed by atoms with Crippen LogP contribution < -0.4 is 5.32 Å². The van der Waals surface area contributed by atoms with E-state index in [2.05, 4.69) is 17.3 Å². The zero-order chi connectivity index (χ0) is 16.9. The van der Waals surface area contributed by atoms with Gasteiger partial charge in [0.25, 0.3) is 0 Å². The first-order valence-corrected chi connectivity index (χ1v) is 9.11. The highest BCUT2D eigenvalue weighted by Crippen LogP contribution is 2.24. The Morgan fingerprint density at radius 3 is 2.67 bits per heavy atom. The normalized spacial score (nSPS) is 17.8. The van der Waals surface area contributed by atoms with Crippen LogP contribution in [0.25, 0.3) is 11.0 Å². The predicted octanol–water partition coefficient (Wildman–Crippen LogP) is 4.26. The molecule has 1 amide bonds. The number of para-hydroxylation sites is 1. The van der Waals surface area contributed by atoms with Crippen LogP contribution in [0.2, 0.25) is 0 Å². The highest BCUT2D eigenvalue weighted by Gasteiger charge is 2.20. The Morgan fingerprint density at radius 1 is 1.25 bits per heavy atom. The van der Waals surface area contributed by atoms with Crippen LogP contribution >= 0.6 is 0 Å². The molecule has 1 aromatic carbocycles. The molecule has 1 saturated carbocycles. The molecule has 2 aromatic rings. The molecule has 1 unspecified atom stereocenters. The van der Waals surface area contributed by atoms with Crippen molar-refractivity contribution >= 4 is 16.9 Å². The lowest BCUT2D eigenvalue weighted by Gasteiger charge is -2.26. The third-order valence-corrected chi connectivity index (χ3v) is 5.09. The molecule has 4 heteroatoms. The van der Waals surface area contributed by atoms with Crippen LogP contribution in [0.15, 0.2) is 34.7 Å². The van der Waals surface area contributed by atoms with Gasteiger partial charge >= 0.3 is 0 Å². The van der Waals surface area contributed by atoms with Crippen LogP contribution in [0.4, 0.5) is 0 Å². The summed E-state index contributed by atoms with van der Waals surface area (Å²) in [5, 5.41) is 4.14. The van der Waals surface area contributed by atoms with Gasteiger partial charge in [0.2, 0.25) is 5.91 Å². The van der Waals surface area contributed by atoms with Gasteiger partial charge in [-0.05, 0) is 38.9 Å². The highest BCUT2D eigenvalue weighted by molar-refractivity contribution is 5.80. The molecule has 0 aliphatic heterocycles. The number of hydrogen-bond donors (Lipinski definition) is 1. The van der Waals surface area contributed by atoms with Gasteiger partial charge in [-0.1, -0.05) is 43.9 Å². The van der Waals surface area contributed by atoms with Gasteiger partial charge < -0.3 is 9.73 Å². The molecule has 0 spiro atoms. The van der Waals surface area contributed by atoms with Crippen LogP contribution in [0.3, 0.4) is 0 Å². The number of nitrogens with one attached hydrogen (secondary N) is 1. The summed E-state index contributed by atoms with van der Waals surface area (Å²) >= 11 is 0. The predicted molar refractivity (Wildman–Crippen MR) is 96.9 cm³/mol. The summed E-state index contributed by atoms with van der Waals surface area (Å²) in [5.41, 5.74) is 0.865. The molecule has 24 heavy (non-hydrogen) atoms. The van der Waals surface area contributed by atoms with E-state index >= 15 is 0 Å². The monoisotopic (exact) mass is 328 g/mol. The Hall–Kier alpha value is -1.81. The van der Waals surface area contributed by atoms with Gasteiger partial charge in [0, 0.05) is 11.4 Å². The van der Waals surface area contributed by atoms with Crippen molar-refractivity contribution in [3.05, 3.63) is 36.1 Å². The van der Waals surface area contributed by atoms with E-state index in [4.69, 9.17) is 4.42 Å². The third-order valence-electron chi connectivity index (χ3n) is 5.09. The molecule has 0 bridgehead atoms. The fourth-order valence-electron chi connectivity index (χ4n) is 3.63. The number of rotatable bonds is 5. The van der Waals surface area contributed by atoms with Crippen molar-refractivity contribution in [1.29, 1.82) is 0 Å². The minimum atomic E-state index is -0.118. The molecule has 0 radical (unpaired) electrons. The Kier molecular flexibility index (Phi) is 5.56. The van der Waals surface area contributed by atoms with E-state index in [-0.39, 0.29) is 11.9 Å². The molecule has 1 N–H and O–H groups in total. The number of carbonyl (C=O) groups excluding carboxylic acids is 1. The summed E-state index contributed by atoms with van der Waals surface area (Å²) < 4.78 is 5.84. The number of fused-ring (bicyclic) bond motifs is 1. The number of amides is 1. The van der Waals surface area contributed by atoms with Crippen LogP contribution in [0.1, 0.15) is 57.3 Å². The smallest absolute Gasteiger partial charge is 0.234 e. The summed E-state index contributed by atoms with van der Waals surface area (Å²) in [4.78, 5) is 14.6. The van der Waals surface area contributed by atoms with Gasteiger partial charge in [0.15, 0.2) is 0 Å². The van der Waals surface area contributed by atoms with Crippen molar-refractivity contribution < 1.29 is 9.21 Å². The van der Waals surface area contributed by atoms with Crippen LogP contribution in [-0.2, 0) is 4.79 Å². The minimum absolute atomic E-state index is 0.0645. The molecular formula is C20H28N2O2. The first-order valence-electron chi connectivity index (χ1n) is 9.11. The second kappa shape index (κ2) is 7.84. The van der Waals surface area contributed by atoms with Crippen LogP contribution in [0, 0.1) is 0 Å². The second-order valence-corrected chi connectivity index (χ2v) is 7.04. The fourth-order valence-corrected chi connectivity index (χ4v) is 3.63. The number of benzene rings is 1. The van der Waals surface area contributed by atoms with Crippen molar-refractivity contribution in [1.82, 2.24) is 10.2 Å². The van der Waals surface area contributed by atoms with Crippen molar-refractivity contribution in [3.63, 3.8) is 0 Å². The van der Waals surface area contributed by atoms with E-state index < -0.39 is 0 Å². The minimum Gasteiger partial charge on any atom is -0.459 e. The number of likely N-dealkylation sites (N-methyl/N-ethyl adjacent to an activating group) is 1. The lowest BCUT2D eigenvalue weighted by Crippen LogP contribution is -2.41. The molecule has 1 aliphatic rings. The van der Waals surface area contributed by atoms with Gasteiger partial charge in [0.05, 0.1) is 12.6 Å². The molecule has 1 atom stereocenters. The maximum Gasteiger partial charge on any atom is 0.234 e. The largest absolute Gasteiger partial charge is 0.459 e. The quantitative estimate of drug-likeness (QED) is 0.834. The lowest BCUT2D eigenvalue weighted by molar-refractivity contribution is -0.123. The topological polar surface area (TPSA) is 45.5 Å². The number of carbonyl (C=O) groups is 1. The molecule has 4 nitrogen and oxygen atoms in total. The standard InChI is InChI=1S/C20H28N2O2/c1-15(19-13-16-9-7-8-12-18(16)24-19)21-20(23)14-22(2)17-10-5-3-4-6-11-17/h7-9,12-13,15,17H,3-6,10-11,14H2,1-2H3,(H,21,23). The average Bonchev–Trinajstić information content (AvgIpc) is 2.81. The van der Waals surface area contributed by atoms with Crippen LogP contribution in [-0.4, -0.2) is 30.4 Å². The number of nitrogens with zero attached hydrogens (tertiary/aromatic N) is 1. The van der Waals surface area contributed by atoms with E-state index in [1.54, 1.807) is 0 Å². The molecule has 0 saturated heterocycles. The molecule has 3 rings (SSSR count). The maximum absolute atomic E-state index is 12.4. The Bertz CT molecular complexity index is 638. The molecule has 130 valence electrons. The van der Waals surface area contributed by atoms with Gasteiger partial charge in [-0.3, -0.25) is 9.69 Å². The van der Waals surface area contributed by atoms with Gasteiger partial charge in [-0.2, -0.15) is 0 Å². The Labute approximate surface area is 144 Å². The summed E-state index contributed by atoms with van der Waals surface area (Å²) in [6.45, 7) is 2.43. The third kappa shape index (κ3) is 4.18. The Morgan fingerprint density at radius 2 is 1.96 bits per heavy atom. The zero-order valence-electron chi connectivity index (χ0n) is 14.8. The molecule has 1 aliphatic carbocycles. The van der Waals surface area contributed by atoms with E-state index in [9.17, 15) is 4.79 Å². The summed E-state index contributed by atoms with van der Waals surface area (Å²) in [6.07, 6.45) is 7.66. The van der Waals surface area contributed by atoms with E-state index in [1.165, 1.54) is 38.5 Å². The average molecular weight is 328 g/mol. The van der Waals surface area contributed by atoms with Gasteiger partial charge in [0.1, 0.15) is 11.3 Å². The first-order chi connectivity index (χ1) is 11.6. The second-order valence-electron chi connectivity index (χ2n) is 7.04. The SMILES string of the molecule is CC(NC(=O)CN(C)C1CCCCCC1)c1cc2ccccc2o1. The zero-order valence-corrected chi connectivity index (χ0v) is 14.8. The summed E-state index contributed by atoms with van der Waals surface area (Å²) in [7, 11) is 2.07. The van der Waals surface area contributed by atoms with Crippen LogP contribution in [0.5, 0.6) is 0 Å². The first kappa shape index (κ1) is 17.0. The summed E-state index contributed by atoms with van der Waals surface area (Å²) in [5.74, 6) is 0.872. The molecule has 1 heterocycles. The van der Waals surface area contributed by atoms with Crippen molar-refractivity contribution in [2.24, 2.45) is 0 Å². The van der Waals surface area contributed by atoms with E-state index in [0.717, 1.165) is 16.7 Å². The fraction of sp³-hybridized carbons (Fsp3) is 0.550. The summed E-state index contributed by atoms with van der Waals surface area (Å²) in [6, 6.07) is 10.4. The van der Waals surface area contributed by atoms with Crippen molar-refractivity contribution in [3.8, 4) is 0 Å². The van der Waals surface area contributed by atoms with Crippen molar-refractivity contribution in [2.45, 2.75) is 57.5 Å². The maximum atomic E-state index is 12.4. The van der Waals surface area contributed by atoms with E-state index in [1.807, 2.05) is 37.3 Å². The Balaban J connectivity index is 1.55. The molecule has 1 aromatic heterocycles. The van der Waals surface area contributed by atoms with Gasteiger partial charge in [-0.15, -0.1) is 0 Å². The molecule has 1 fully saturated rings. The number of furan rings is 1.